The molecule has 0 radical (unpaired) electrons. The number of nitrogens with zero attached hydrogens (tertiary/aromatic N) is 5. The van der Waals surface area contributed by atoms with Crippen LogP contribution in [-0.2, 0) is 37.3 Å². The van der Waals surface area contributed by atoms with Crippen LogP contribution in [-0.4, -0.2) is 58.5 Å². The average Bonchev–Trinajstić information content (AvgIpc) is 3.36. The zero-order chi connectivity index (χ0) is 19.9. The number of guanidine groups is 1. The smallest absolute Gasteiger partial charge is 0.191 e. The van der Waals surface area contributed by atoms with Crippen molar-refractivity contribution < 1.29 is 4.74 Å². The van der Waals surface area contributed by atoms with Gasteiger partial charge >= 0.3 is 0 Å². The normalized spacial score (nSPS) is 16.8. The summed E-state index contributed by atoms with van der Waals surface area (Å²) < 4.78 is 7.68. The number of hydrogen-bond acceptors (Lipinski definition) is 5. The van der Waals surface area contributed by atoms with E-state index in [2.05, 4.69) is 61.5 Å². The van der Waals surface area contributed by atoms with Crippen molar-refractivity contribution in [3.63, 3.8) is 0 Å². The fourth-order valence-corrected chi connectivity index (χ4v) is 3.88. The Morgan fingerprint density at radius 1 is 1.10 bits per heavy atom. The van der Waals surface area contributed by atoms with Crippen LogP contribution in [0.2, 0.25) is 0 Å². The van der Waals surface area contributed by atoms with Crippen LogP contribution in [0.25, 0.3) is 0 Å². The van der Waals surface area contributed by atoms with Crippen LogP contribution in [0.1, 0.15) is 36.1 Å². The number of benzene rings is 1. The molecule has 9 heteroatoms. The van der Waals surface area contributed by atoms with Crippen LogP contribution in [0, 0.1) is 0 Å². The molecule has 2 aromatic rings. The number of morpholine rings is 1. The Bertz CT molecular complexity index is 833. The molecule has 4 rings (SSSR count). The third-order valence-corrected chi connectivity index (χ3v) is 5.47. The largest absolute Gasteiger partial charge is 0.379 e. The second-order valence-electron chi connectivity index (χ2n) is 7.49. The van der Waals surface area contributed by atoms with Crippen LogP contribution in [0.15, 0.2) is 29.3 Å². The zero-order valence-electron chi connectivity index (χ0n) is 17.6. The number of fused-ring (bicyclic) bond motifs is 1. The first-order valence-corrected chi connectivity index (χ1v) is 10.6. The van der Waals surface area contributed by atoms with Crippen molar-refractivity contribution in [1.82, 2.24) is 30.3 Å². The van der Waals surface area contributed by atoms with E-state index in [1.165, 1.54) is 11.1 Å². The summed E-state index contributed by atoms with van der Waals surface area (Å²) in [6.07, 6.45) is 2.19. The Labute approximate surface area is 195 Å². The number of aromatic nitrogens is 3. The van der Waals surface area contributed by atoms with Gasteiger partial charge in [0.15, 0.2) is 11.8 Å². The van der Waals surface area contributed by atoms with Gasteiger partial charge in [-0.15, -0.1) is 34.2 Å². The monoisotopic (exact) mass is 525 g/mol. The van der Waals surface area contributed by atoms with Crippen molar-refractivity contribution in [2.24, 2.45) is 4.99 Å². The van der Waals surface area contributed by atoms with Crippen molar-refractivity contribution in [2.45, 2.75) is 45.9 Å². The number of aryl methyl sites for hydroxylation is 1. The van der Waals surface area contributed by atoms with Crippen LogP contribution < -0.4 is 10.6 Å². The number of rotatable bonds is 7. The maximum Gasteiger partial charge on any atom is 0.191 e. The molecule has 0 saturated carbocycles. The van der Waals surface area contributed by atoms with E-state index in [1.807, 2.05) is 0 Å². The maximum absolute atomic E-state index is 5.47. The van der Waals surface area contributed by atoms with Gasteiger partial charge in [-0.1, -0.05) is 24.3 Å². The third kappa shape index (κ3) is 5.92. The Hall–Kier alpha value is -1.72. The lowest BCUT2D eigenvalue weighted by molar-refractivity contribution is 0.0341. The van der Waals surface area contributed by atoms with Gasteiger partial charge in [0.25, 0.3) is 0 Å². The highest BCUT2D eigenvalue weighted by Gasteiger charge is 2.17. The predicted octanol–water partition coefficient (Wildman–Crippen LogP) is 1.93. The lowest BCUT2D eigenvalue weighted by Crippen LogP contribution is -2.37. The molecule has 0 aliphatic carbocycles. The summed E-state index contributed by atoms with van der Waals surface area (Å²) in [5.74, 6) is 2.89. The molecule has 2 N–H and O–H groups in total. The minimum atomic E-state index is 0. The Kier molecular flexibility index (Phi) is 8.88. The molecule has 0 bridgehead atoms. The highest BCUT2D eigenvalue weighted by atomic mass is 127. The van der Waals surface area contributed by atoms with Gasteiger partial charge in [0, 0.05) is 39.1 Å². The molecule has 1 fully saturated rings. The SMILES string of the molecule is CCNC(=NCc1ccccc1CN1CCOCC1)NCc1nnc2n1CCC2.I. The fraction of sp³-hybridized carbons (Fsp3) is 0.571. The number of hydrogen-bond donors (Lipinski definition) is 2. The highest BCUT2D eigenvalue weighted by Crippen LogP contribution is 2.15. The van der Waals surface area contributed by atoms with E-state index in [0.717, 1.165) is 76.4 Å². The van der Waals surface area contributed by atoms with Crippen molar-refractivity contribution >= 4 is 29.9 Å². The van der Waals surface area contributed by atoms with Crippen molar-refractivity contribution in [3.05, 3.63) is 47.0 Å². The van der Waals surface area contributed by atoms with Gasteiger partial charge in [-0.25, -0.2) is 4.99 Å². The molecule has 2 aliphatic heterocycles. The van der Waals surface area contributed by atoms with Gasteiger partial charge < -0.3 is 19.9 Å². The standard InChI is InChI=1S/C21H31N7O.HI/c1-2-22-21(24-15-20-26-25-19-8-5-9-28(19)20)23-14-17-6-3-4-7-18(17)16-27-10-12-29-13-11-27;/h3-4,6-7H,2,5,8-16H2,1H3,(H2,22,23,24);1H. The van der Waals surface area contributed by atoms with E-state index in [-0.39, 0.29) is 24.0 Å². The van der Waals surface area contributed by atoms with Gasteiger partial charge in [0.05, 0.1) is 26.3 Å². The quantitative estimate of drug-likeness (QED) is 0.327. The highest BCUT2D eigenvalue weighted by molar-refractivity contribution is 14.0. The summed E-state index contributed by atoms with van der Waals surface area (Å²) in [5.41, 5.74) is 2.60. The Morgan fingerprint density at radius 2 is 1.90 bits per heavy atom. The lowest BCUT2D eigenvalue weighted by Gasteiger charge is -2.27. The number of ether oxygens (including phenoxy) is 1. The predicted molar refractivity (Wildman–Crippen MR) is 128 cm³/mol. The lowest BCUT2D eigenvalue weighted by atomic mass is 10.1. The van der Waals surface area contributed by atoms with Crippen LogP contribution in [0.5, 0.6) is 0 Å². The zero-order valence-corrected chi connectivity index (χ0v) is 20.0. The summed E-state index contributed by atoms with van der Waals surface area (Å²) in [4.78, 5) is 7.27. The second kappa shape index (κ2) is 11.6. The number of halogens is 1. The van der Waals surface area contributed by atoms with Crippen molar-refractivity contribution in [2.75, 3.05) is 32.8 Å². The molecule has 8 nitrogen and oxygen atoms in total. The molecule has 0 atom stereocenters. The van der Waals surface area contributed by atoms with E-state index < -0.39 is 0 Å². The summed E-state index contributed by atoms with van der Waals surface area (Å²) in [6, 6.07) is 8.58. The molecule has 1 aromatic carbocycles. The number of nitrogens with one attached hydrogen (secondary N) is 2. The first kappa shape index (κ1) is 23.0. The maximum atomic E-state index is 5.47. The van der Waals surface area contributed by atoms with E-state index in [0.29, 0.717) is 13.1 Å². The third-order valence-electron chi connectivity index (χ3n) is 5.47. The van der Waals surface area contributed by atoms with E-state index >= 15 is 0 Å². The second-order valence-corrected chi connectivity index (χ2v) is 7.49. The summed E-state index contributed by atoms with van der Waals surface area (Å²) in [5, 5.41) is 15.4. The van der Waals surface area contributed by atoms with Crippen molar-refractivity contribution in [3.8, 4) is 0 Å². The molecule has 0 amide bonds. The molecular formula is C21H32IN7O. The van der Waals surface area contributed by atoms with Gasteiger partial charge in [0.1, 0.15) is 5.82 Å². The van der Waals surface area contributed by atoms with E-state index in [4.69, 9.17) is 9.73 Å². The summed E-state index contributed by atoms with van der Waals surface area (Å²) in [7, 11) is 0. The summed E-state index contributed by atoms with van der Waals surface area (Å²) in [6.45, 7) is 9.77. The first-order chi connectivity index (χ1) is 14.3. The Morgan fingerprint density at radius 3 is 2.70 bits per heavy atom. The fourth-order valence-electron chi connectivity index (χ4n) is 3.88. The Balaban J connectivity index is 0.00000256. The number of aliphatic imine (C=N–C) groups is 1. The van der Waals surface area contributed by atoms with Gasteiger partial charge in [-0.2, -0.15) is 0 Å². The molecule has 2 aliphatic rings. The van der Waals surface area contributed by atoms with Crippen LogP contribution >= 0.6 is 24.0 Å². The van der Waals surface area contributed by atoms with Crippen molar-refractivity contribution in [1.29, 1.82) is 0 Å². The molecule has 30 heavy (non-hydrogen) atoms. The van der Waals surface area contributed by atoms with Crippen LogP contribution in [0.3, 0.4) is 0 Å². The van der Waals surface area contributed by atoms with E-state index in [1.54, 1.807) is 0 Å². The van der Waals surface area contributed by atoms with Gasteiger partial charge in [0.2, 0.25) is 0 Å². The molecular weight excluding hydrogens is 493 g/mol. The molecule has 164 valence electrons. The molecule has 0 unspecified atom stereocenters. The summed E-state index contributed by atoms with van der Waals surface area (Å²) >= 11 is 0. The van der Waals surface area contributed by atoms with Gasteiger partial charge in [-0.3, -0.25) is 4.90 Å². The topological polar surface area (TPSA) is 79.6 Å². The minimum absolute atomic E-state index is 0. The minimum Gasteiger partial charge on any atom is -0.379 e. The molecule has 3 heterocycles. The molecule has 1 aromatic heterocycles. The van der Waals surface area contributed by atoms with Gasteiger partial charge in [-0.05, 0) is 24.5 Å². The van der Waals surface area contributed by atoms with E-state index in [9.17, 15) is 0 Å². The molecule has 0 spiro atoms. The van der Waals surface area contributed by atoms with Crippen LogP contribution in [0.4, 0.5) is 0 Å². The molecule has 1 saturated heterocycles. The first-order valence-electron chi connectivity index (χ1n) is 10.6. The average molecular weight is 525 g/mol.